The molecule has 0 fully saturated rings. The Morgan fingerprint density at radius 1 is 1.70 bits per heavy atom. The fourth-order valence-corrected chi connectivity index (χ4v) is 0.689. The first kappa shape index (κ1) is 6.61. The van der Waals surface area contributed by atoms with Crippen LogP contribution in [0.15, 0.2) is 24.4 Å². The molecule has 0 aromatic carbocycles. The Morgan fingerprint density at radius 3 is 3.00 bits per heavy atom. The third kappa shape index (κ3) is 1.25. The highest BCUT2D eigenvalue weighted by atomic mass is 14.7. The molecule has 0 bridgehead atoms. The Bertz CT molecular complexity index is 233. The zero-order valence-electron chi connectivity index (χ0n) is 5.46. The smallest absolute Gasteiger partial charge is 0.0614 e. The fourth-order valence-electron chi connectivity index (χ4n) is 0.689. The van der Waals surface area contributed by atoms with Gasteiger partial charge in [0.25, 0.3) is 0 Å². The molecule has 0 atom stereocenters. The van der Waals surface area contributed by atoms with Crippen molar-refractivity contribution in [3.05, 3.63) is 30.1 Å². The number of hydrogen-bond donors (Lipinski definition) is 3. The van der Waals surface area contributed by atoms with Crippen molar-refractivity contribution in [1.29, 1.82) is 5.41 Å². The topological polar surface area (TPSA) is 65.7 Å². The number of allylic oxidation sites excluding steroid dienone is 1. The van der Waals surface area contributed by atoms with Gasteiger partial charge in [0, 0.05) is 12.4 Å². The number of aromatic amines is 1. The van der Waals surface area contributed by atoms with Gasteiger partial charge in [-0.05, 0) is 18.2 Å². The number of rotatable bonds is 2. The maximum Gasteiger partial charge on any atom is 0.0614 e. The predicted octanol–water partition coefficient (Wildman–Crippen LogP) is 0.964. The molecule has 3 nitrogen and oxygen atoms in total. The van der Waals surface area contributed by atoms with Crippen LogP contribution in [0, 0.1) is 5.41 Å². The largest absolute Gasteiger partial charge is 0.397 e. The van der Waals surface area contributed by atoms with Gasteiger partial charge in [-0.25, -0.2) is 0 Å². The van der Waals surface area contributed by atoms with E-state index in [9.17, 15) is 0 Å². The van der Waals surface area contributed by atoms with Crippen molar-refractivity contribution in [2.75, 3.05) is 0 Å². The minimum absolute atomic E-state index is 0.583. The van der Waals surface area contributed by atoms with E-state index in [-0.39, 0.29) is 0 Å². The van der Waals surface area contributed by atoms with Crippen molar-refractivity contribution in [3.63, 3.8) is 0 Å². The molecule has 4 N–H and O–H groups in total. The van der Waals surface area contributed by atoms with Gasteiger partial charge in [0.2, 0.25) is 0 Å². The third-order valence-electron chi connectivity index (χ3n) is 1.17. The van der Waals surface area contributed by atoms with Crippen molar-refractivity contribution >= 4 is 11.9 Å². The highest BCUT2D eigenvalue weighted by Crippen LogP contribution is 2.02. The molecule has 0 amide bonds. The third-order valence-corrected chi connectivity index (χ3v) is 1.17. The van der Waals surface area contributed by atoms with E-state index >= 15 is 0 Å². The molecule has 0 aliphatic carbocycles. The monoisotopic (exact) mass is 135 g/mol. The summed E-state index contributed by atoms with van der Waals surface area (Å²) in [6, 6.07) is 3.72. The first-order valence-corrected chi connectivity index (χ1v) is 2.94. The van der Waals surface area contributed by atoms with Crippen LogP contribution in [0.5, 0.6) is 0 Å². The van der Waals surface area contributed by atoms with E-state index in [1.807, 2.05) is 12.1 Å². The maximum atomic E-state index is 6.74. The van der Waals surface area contributed by atoms with Gasteiger partial charge in [-0.15, -0.1) is 0 Å². The number of nitrogens with two attached hydrogens (primary N) is 1. The lowest BCUT2D eigenvalue weighted by atomic mass is 10.3. The molecule has 1 aromatic rings. The second-order valence-corrected chi connectivity index (χ2v) is 1.87. The lowest BCUT2D eigenvalue weighted by Gasteiger charge is -1.92. The summed E-state index contributed by atoms with van der Waals surface area (Å²) in [5.74, 6) is 0. The number of H-pyrrole nitrogens is 1. The Labute approximate surface area is 59.1 Å². The summed E-state index contributed by atoms with van der Waals surface area (Å²) in [6.07, 6.45) is 4.49. The molecule has 0 aliphatic rings. The van der Waals surface area contributed by atoms with Gasteiger partial charge in [-0.3, -0.25) is 0 Å². The van der Waals surface area contributed by atoms with Crippen LogP contribution in [0.4, 0.5) is 0 Å². The molecule has 0 saturated heterocycles. The normalized spacial score (nSPS) is 11.4. The van der Waals surface area contributed by atoms with Crippen molar-refractivity contribution in [2.24, 2.45) is 5.73 Å². The van der Waals surface area contributed by atoms with Crippen molar-refractivity contribution in [2.45, 2.75) is 0 Å². The Hall–Kier alpha value is -1.51. The summed E-state index contributed by atoms with van der Waals surface area (Å²) >= 11 is 0. The molecule has 10 heavy (non-hydrogen) atoms. The van der Waals surface area contributed by atoms with Crippen LogP contribution in [0.1, 0.15) is 5.69 Å². The van der Waals surface area contributed by atoms with E-state index in [0.29, 0.717) is 5.70 Å². The second-order valence-electron chi connectivity index (χ2n) is 1.87. The molecule has 0 aliphatic heterocycles. The van der Waals surface area contributed by atoms with Crippen LogP contribution in [0.2, 0.25) is 0 Å². The lowest BCUT2D eigenvalue weighted by Crippen LogP contribution is -1.95. The number of hydrogen-bond acceptors (Lipinski definition) is 2. The van der Waals surface area contributed by atoms with Crippen LogP contribution in [-0.4, -0.2) is 11.2 Å². The van der Waals surface area contributed by atoms with E-state index in [4.69, 9.17) is 11.1 Å². The molecule has 1 aromatic heterocycles. The van der Waals surface area contributed by atoms with Gasteiger partial charge in [-0.1, -0.05) is 0 Å². The van der Waals surface area contributed by atoms with Gasteiger partial charge in [0.1, 0.15) is 0 Å². The fraction of sp³-hybridized carbons (Fsp3) is 0. The van der Waals surface area contributed by atoms with Crippen LogP contribution in [0.25, 0.3) is 5.70 Å². The van der Waals surface area contributed by atoms with Crippen LogP contribution < -0.4 is 5.73 Å². The molecule has 0 saturated carbocycles. The van der Waals surface area contributed by atoms with Crippen molar-refractivity contribution in [3.8, 4) is 0 Å². The van der Waals surface area contributed by atoms with Crippen LogP contribution in [0.3, 0.4) is 0 Å². The van der Waals surface area contributed by atoms with Gasteiger partial charge in [-0.2, -0.15) is 0 Å². The predicted molar refractivity (Wildman–Crippen MR) is 41.7 cm³/mol. The summed E-state index contributed by atoms with van der Waals surface area (Å²) in [5.41, 5.74) is 6.96. The van der Waals surface area contributed by atoms with Gasteiger partial charge in [0.15, 0.2) is 0 Å². The quantitative estimate of drug-likeness (QED) is 0.519. The van der Waals surface area contributed by atoms with Crippen LogP contribution >= 0.6 is 0 Å². The zero-order valence-corrected chi connectivity index (χ0v) is 5.46. The summed E-state index contributed by atoms with van der Waals surface area (Å²) < 4.78 is 0. The minimum atomic E-state index is 0.583. The average molecular weight is 135 g/mol. The molecule has 3 heteroatoms. The highest BCUT2D eigenvalue weighted by Gasteiger charge is 1.92. The SMILES string of the molecule is N=C/C=C(/N)c1ccc[nH]1. The summed E-state index contributed by atoms with van der Waals surface area (Å²) in [5, 5.41) is 6.74. The standard InChI is InChI=1S/C7H9N3/c8-4-3-6(9)7-2-1-5-10-7/h1-5,8,10H,9H2/b6-3+,8-4?. The van der Waals surface area contributed by atoms with E-state index in [1.165, 1.54) is 6.08 Å². The summed E-state index contributed by atoms with van der Waals surface area (Å²) in [6.45, 7) is 0. The molecule has 1 heterocycles. The highest BCUT2D eigenvalue weighted by molar-refractivity contribution is 5.80. The molecule has 0 spiro atoms. The van der Waals surface area contributed by atoms with E-state index in [0.717, 1.165) is 11.9 Å². The first-order chi connectivity index (χ1) is 4.84. The first-order valence-electron chi connectivity index (χ1n) is 2.94. The minimum Gasteiger partial charge on any atom is -0.397 e. The molecule has 1 rings (SSSR count). The van der Waals surface area contributed by atoms with E-state index in [2.05, 4.69) is 4.98 Å². The number of nitrogens with one attached hydrogen (secondary N) is 2. The average Bonchev–Trinajstić information content (AvgIpc) is 2.38. The molecule has 0 radical (unpaired) electrons. The Morgan fingerprint density at radius 2 is 2.50 bits per heavy atom. The Kier molecular flexibility index (Phi) is 1.89. The van der Waals surface area contributed by atoms with Crippen molar-refractivity contribution in [1.82, 2.24) is 4.98 Å². The Balaban J connectivity index is 2.86. The van der Waals surface area contributed by atoms with E-state index < -0.39 is 0 Å². The molecule has 52 valence electrons. The second kappa shape index (κ2) is 2.87. The van der Waals surface area contributed by atoms with Gasteiger partial charge >= 0.3 is 0 Å². The molecular weight excluding hydrogens is 126 g/mol. The van der Waals surface area contributed by atoms with E-state index in [1.54, 1.807) is 6.20 Å². The summed E-state index contributed by atoms with van der Waals surface area (Å²) in [7, 11) is 0. The maximum absolute atomic E-state index is 6.74. The van der Waals surface area contributed by atoms with Crippen LogP contribution in [-0.2, 0) is 0 Å². The number of aromatic nitrogens is 1. The summed E-state index contributed by atoms with van der Waals surface area (Å²) in [4.78, 5) is 2.93. The lowest BCUT2D eigenvalue weighted by molar-refractivity contribution is 1.33. The van der Waals surface area contributed by atoms with Gasteiger partial charge in [0.05, 0.1) is 11.4 Å². The molecular formula is C7H9N3. The van der Waals surface area contributed by atoms with Crippen molar-refractivity contribution < 1.29 is 0 Å². The molecule has 0 unspecified atom stereocenters. The zero-order chi connectivity index (χ0) is 7.40. The van der Waals surface area contributed by atoms with Gasteiger partial charge < -0.3 is 16.1 Å².